The van der Waals surface area contributed by atoms with Crippen LogP contribution in [0.3, 0.4) is 0 Å². The lowest BCUT2D eigenvalue weighted by Gasteiger charge is -2.13. The van der Waals surface area contributed by atoms with Gasteiger partial charge < -0.3 is 4.57 Å². The van der Waals surface area contributed by atoms with Gasteiger partial charge in [-0.15, -0.1) is 0 Å². The molecule has 1 aromatic carbocycles. The first-order valence-corrected chi connectivity index (χ1v) is 6.65. The monoisotopic (exact) mass is 274 g/mol. The molecule has 0 aliphatic carbocycles. The second-order valence-electron chi connectivity index (χ2n) is 4.56. The van der Waals surface area contributed by atoms with Gasteiger partial charge in [0.2, 0.25) is 0 Å². The Morgan fingerprint density at radius 2 is 2.10 bits per heavy atom. The van der Waals surface area contributed by atoms with Crippen LogP contribution in [-0.2, 0) is 11.4 Å². The predicted molar refractivity (Wildman–Crippen MR) is 77.6 cm³/mol. The minimum Gasteiger partial charge on any atom is -0.303 e. The number of benzene rings is 1. The van der Waals surface area contributed by atoms with E-state index in [4.69, 9.17) is 0 Å². The third-order valence-electron chi connectivity index (χ3n) is 3.18. The van der Waals surface area contributed by atoms with Gasteiger partial charge in [-0.2, -0.15) is 0 Å². The maximum Gasteiger partial charge on any atom is 0.291 e. The molecule has 0 fully saturated rings. The Labute approximate surface area is 117 Å². The molecule has 0 spiro atoms. The summed E-state index contributed by atoms with van der Waals surface area (Å²) >= 11 is 0. The largest absolute Gasteiger partial charge is 0.303 e. The van der Waals surface area contributed by atoms with Crippen molar-refractivity contribution in [2.45, 2.75) is 26.3 Å². The molecule has 2 aromatic rings. The number of amides is 1. The molecular formula is C15H18N2O3. The van der Waals surface area contributed by atoms with Crippen molar-refractivity contribution in [3.8, 4) is 0 Å². The van der Waals surface area contributed by atoms with E-state index >= 15 is 0 Å². The van der Waals surface area contributed by atoms with Gasteiger partial charge in [-0.1, -0.05) is 31.5 Å². The summed E-state index contributed by atoms with van der Waals surface area (Å²) in [7, 11) is 1.37. The van der Waals surface area contributed by atoms with Gasteiger partial charge in [0.05, 0.1) is 7.11 Å². The molecule has 0 bridgehead atoms. The van der Waals surface area contributed by atoms with Crippen LogP contribution in [0.5, 0.6) is 0 Å². The van der Waals surface area contributed by atoms with Crippen LogP contribution in [0, 0.1) is 0 Å². The van der Waals surface area contributed by atoms with Gasteiger partial charge >= 0.3 is 0 Å². The summed E-state index contributed by atoms with van der Waals surface area (Å²) in [6.45, 7) is 2.56. The fraction of sp³-hybridized carbons (Fsp3) is 0.333. The topological polar surface area (TPSA) is 60.3 Å². The van der Waals surface area contributed by atoms with Crippen LogP contribution in [0.2, 0.25) is 0 Å². The zero-order valence-electron chi connectivity index (χ0n) is 11.7. The quantitative estimate of drug-likeness (QED) is 0.849. The first-order valence-electron chi connectivity index (χ1n) is 6.65. The lowest BCUT2D eigenvalue weighted by atomic mass is 10.1. The Bertz CT molecular complexity index is 676. The van der Waals surface area contributed by atoms with E-state index < -0.39 is 5.91 Å². The Hall–Kier alpha value is -2.14. The van der Waals surface area contributed by atoms with Crippen LogP contribution < -0.4 is 11.0 Å². The summed E-state index contributed by atoms with van der Waals surface area (Å²) in [5, 5.41) is 1.38. The lowest BCUT2D eigenvalue weighted by Crippen LogP contribution is -2.32. The highest BCUT2D eigenvalue weighted by molar-refractivity contribution is 5.96. The molecule has 0 unspecified atom stereocenters. The van der Waals surface area contributed by atoms with Crippen molar-refractivity contribution in [1.82, 2.24) is 10.0 Å². The number of pyridine rings is 1. The van der Waals surface area contributed by atoms with Gasteiger partial charge in [-0.25, -0.2) is 5.48 Å². The van der Waals surface area contributed by atoms with E-state index in [1.165, 1.54) is 11.7 Å². The summed E-state index contributed by atoms with van der Waals surface area (Å²) in [6.07, 6.45) is 1.79. The van der Waals surface area contributed by atoms with Crippen molar-refractivity contribution in [2.75, 3.05) is 7.11 Å². The summed E-state index contributed by atoms with van der Waals surface area (Å²) < 4.78 is 1.51. The third-order valence-corrected chi connectivity index (χ3v) is 3.18. The van der Waals surface area contributed by atoms with E-state index in [2.05, 4.69) is 10.3 Å². The molecule has 0 aliphatic heterocycles. The van der Waals surface area contributed by atoms with Gasteiger partial charge in [0.25, 0.3) is 11.5 Å². The summed E-state index contributed by atoms with van der Waals surface area (Å²) in [5.74, 6) is -0.411. The Morgan fingerprint density at radius 3 is 2.80 bits per heavy atom. The highest BCUT2D eigenvalue weighted by Crippen LogP contribution is 2.13. The maximum atomic E-state index is 12.5. The normalized spacial score (nSPS) is 10.7. The molecule has 5 heteroatoms. The first-order chi connectivity index (χ1) is 9.69. The minimum absolute atomic E-state index is 0.141. The Balaban J connectivity index is 2.63. The van der Waals surface area contributed by atoms with Crippen LogP contribution in [0.4, 0.5) is 0 Å². The summed E-state index contributed by atoms with van der Waals surface area (Å²) in [4.78, 5) is 29.2. The summed E-state index contributed by atoms with van der Waals surface area (Å²) in [6, 6.07) is 8.99. The van der Waals surface area contributed by atoms with E-state index in [1.807, 2.05) is 25.1 Å². The number of hydroxylamine groups is 1. The second-order valence-corrected chi connectivity index (χ2v) is 4.56. The highest BCUT2D eigenvalue weighted by atomic mass is 16.6. The van der Waals surface area contributed by atoms with Gasteiger partial charge in [0.15, 0.2) is 0 Å². The number of hydrogen-bond donors (Lipinski definition) is 1. The Morgan fingerprint density at radius 1 is 1.35 bits per heavy atom. The second kappa shape index (κ2) is 6.34. The van der Waals surface area contributed by atoms with E-state index in [1.54, 1.807) is 12.1 Å². The van der Waals surface area contributed by atoms with Crippen molar-refractivity contribution in [3.05, 3.63) is 46.4 Å². The van der Waals surface area contributed by atoms with Crippen LogP contribution >= 0.6 is 0 Å². The Kier molecular flexibility index (Phi) is 4.53. The molecule has 2 rings (SSSR count). The number of carbonyl (C=O) groups excluding carboxylic acids is 1. The number of carbonyl (C=O) groups is 1. The standard InChI is InChI=1S/C15H18N2O3/c1-3-4-9-17-13(14(18)16-20-2)10-11-7-5-6-8-12(11)15(17)19/h5-8,10H,3-4,9H2,1-2H3,(H,16,18). The van der Waals surface area contributed by atoms with Crippen molar-refractivity contribution < 1.29 is 9.63 Å². The van der Waals surface area contributed by atoms with Crippen LogP contribution in [-0.4, -0.2) is 17.6 Å². The number of unbranched alkanes of at least 4 members (excludes halogenated alkanes) is 1. The number of nitrogens with one attached hydrogen (secondary N) is 1. The third kappa shape index (κ3) is 2.72. The molecule has 20 heavy (non-hydrogen) atoms. The number of nitrogens with zero attached hydrogens (tertiary/aromatic N) is 1. The molecular weight excluding hydrogens is 256 g/mol. The molecule has 1 heterocycles. The van der Waals surface area contributed by atoms with Crippen molar-refractivity contribution >= 4 is 16.7 Å². The highest BCUT2D eigenvalue weighted by Gasteiger charge is 2.14. The molecule has 0 radical (unpaired) electrons. The van der Waals surface area contributed by atoms with Crippen molar-refractivity contribution in [1.29, 1.82) is 0 Å². The van der Waals surface area contributed by atoms with E-state index in [-0.39, 0.29) is 5.56 Å². The molecule has 106 valence electrons. The molecule has 5 nitrogen and oxygen atoms in total. The molecule has 1 amide bonds. The predicted octanol–water partition coefficient (Wildman–Crippen LogP) is 2.09. The van der Waals surface area contributed by atoms with E-state index in [9.17, 15) is 9.59 Å². The first kappa shape index (κ1) is 14.3. The molecule has 1 N–H and O–H groups in total. The maximum absolute atomic E-state index is 12.5. The van der Waals surface area contributed by atoms with Gasteiger partial charge in [-0.3, -0.25) is 14.4 Å². The van der Waals surface area contributed by atoms with Crippen LogP contribution in [0.15, 0.2) is 35.1 Å². The van der Waals surface area contributed by atoms with Crippen molar-refractivity contribution in [2.24, 2.45) is 0 Å². The minimum atomic E-state index is -0.411. The summed E-state index contributed by atoms with van der Waals surface area (Å²) in [5.41, 5.74) is 2.45. The smallest absolute Gasteiger partial charge is 0.291 e. The lowest BCUT2D eigenvalue weighted by molar-refractivity contribution is 0.0526. The molecule has 0 atom stereocenters. The fourth-order valence-electron chi connectivity index (χ4n) is 2.17. The number of rotatable bonds is 5. The SMILES string of the molecule is CCCCn1c(C(=O)NOC)cc2ccccc2c1=O. The molecule has 0 saturated carbocycles. The number of fused-ring (bicyclic) bond motifs is 1. The van der Waals surface area contributed by atoms with E-state index in [0.717, 1.165) is 18.2 Å². The van der Waals surface area contributed by atoms with Gasteiger partial charge in [0, 0.05) is 11.9 Å². The van der Waals surface area contributed by atoms with Crippen molar-refractivity contribution in [3.63, 3.8) is 0 Å². The van der Waals surface area contributed by atoms with Gasteiger partial charge in [0.1, 0.15) is 5.69 Å². The zero-order valence-corrected chi connectivity index (χ0v) is 11.7. The van der Waals surface area contributed by atoms with Crippen LogP contribution in [0.1, 0.15) is 30.3 Å². The number of aromatic nitrogens is 1. The number of hydrogen-bond acceptors (Lipinski definition) is 3. The van der Waals surface area contributed by atoms with Gasteiger partial charge in [-0.05, 0) is 23.9 Å². The van der Waals surface area contributed by atoms with E-state index in [0.29, 0.717) is 17.6 Å². The molecule has 0 aliphatic rings. The average molecular weight is 274 g/mol. The average Bonchev–Trinajstić information content (AvgIpc) is 2.46. The zero-order chi connectivity index (χ0) is 14.5. The fourth-order valence-corrected chi connectivity index (χ4v) is 2.17. The van der Waals surface area contributed by atoms with Crippen LogP contribution in [0.25, 0.3) is 10.8 Å². The molecule has 1 aromatic heterocycles. The molecule has 0 saturated heterocycles.